The second kappa shape index (κ2) is 11.5. The number of rotatable bonds is 9. The van der Waals surface area contributed by atoms with Crippen LogP contribution in [0.2, 0.25) is 0 Å². The lowest BCUT2D eigenvalue weighted by atomic mass is 9.83. The molecule has 0 N–H and O–H groups in total. The van der Waals surface area contributed by atoms with E-state index in [1.165, 1.54) is 38.9 Å². The minimum Gasteiger partial charge on any atom is -0.140 e. The minimum atomic E-state index is -0.291. The molecular formula is C35H32S. The van der Waals surface area contributed by atoms with Crippen molar-refractivity contribution in [3.8, 4) is 11.1 Å². The van der Waals surface area contributed by atoms with E-state index in [2.05, 4.69) is 146 Å². The van der Waals surface area contributed by atoms with E-state index in [0.29, 0.717) is 0 Å². The Hall–Kier alpha value is -3.55. The van der Waals surface area contributed by atoms with E-state index in [1.54, 1.807) is 0 Å². The molecule has 0 saturated carbocycles. The van der Waals surface area contributed by atoms with Gasteiger partial charge in [-0.1, -0.05) is 146 Å². The van der Waals surface area contributed by atoms with Crippen molar-refractivity contribution < 1.29 is 0 Å². The Morgan fingerprint density at radius 2 is 0.917 bits per heavy atom. The smallest absolute Gasteiger partial charge is 0.0907 e. The molecule has 5 aromatic carbocycles. The van der Waals surface area contributed by atoms with Gasteiger partial charge in [0.2, 0.25) is 0 Å². The molecule has 0 saturated heterocycles. The number of hydrogen-bond donors (Lipinski definition) is 0. The average molecular weight is 485 g/mol. The molecule has 0 atom stereocenters. The molecule has 0 bridgehead atoms. The normalized spacial score (nSPS) is 11.4. The van der Waals surface area contributed by atoms with E-state index in [9.17, 15) is 0 Å². The van der Waals surface area contributed by atoms with Gasteiger partial charge in [0, 0.05) is 0 Å². The molecule has 0 amide bonds. The molecule has 36 heavy (non-hydrogen) atoms. The molecule has 1 heteroatoms. The highest BCUT2D eigenvalue weighted by Gasteiger charge is 2.36. The monoisotopic (exact) mass is 484 g/mol. The van der Waals surface area contributed by atoms with Crippen LogP contribution in [0.5, 0.6) is 0 Å². The van der Waals surface area contributed by atoms with Gasteiger partial charge in [-0.3, -0.25) is 0 Å². The minimum absolute atomic E-state index is 0.291. The number of thioether (sulfide) groups is 1. The molecule has 0 radical (unpaired) electrons. The zero-order valence-corrected chi connectivity index (χ0v) is 21.6. The Morgan fingerprint density at radius 1 is 0.472 bits per heavy atom. The van der Waals surface area contributed by atoms with Gasteiger partial charge < -0.3 is 0 Å². The van der Waals surface area contributed by atoms with E-state index in [1.807, 2.05) is 11.8 Å². The second-order valence-corrected chi connectivity index (χ2v) is 10.4. The topological polar surface area (TPSA) is 0 Å². The Labute approximate surface area is 220 Å². The van der Waals surface area contributed by atoms with E-state index in [0.717, 1.165) is 18.6 Å². The van der Waals surface area contributed by atoms with Gasteiger partial charge >= 0.3 is 0 Å². The summed E-state index contributed by atoms with van der Waals surface area (Å²) in [6, 6.07) is 50.9. The van der Waals surface area contributed by atoms with Crippen molar-refractivity contribution in [3.05, 3.63) is 167 Å². The molecule has 0 aromatic heterocycles. The van der Waals surface area contributed by atoms with Crippen molar-refractivity contribution in [2.24, 2.45) is 0 Å². The molecule has 0 aliphatic rings. The summed E-state index contributed by atoms with van der Waals surface area (Å²) in [6.45, 7) is 2.21. The molecule has 0 fully saturated rings. The SMILES string of the molecule is CCc1ccc(CCSC(c2ccccc2)(c2ccccc2)c2ccc(-c3ccccc3)cc2)cc1. The standard InChI is InChI=1S/C35H32S/c1-2-28-18-20-29(21-19-28)26-27-36-35(32-14-8-4-9-15-32,33-16-10-5-11-17-33)34-24-22-31(23-25-34)30-12-6-3-7-13-30/h3-25H,2,26-27H2,1H3. The molecule has 0 aliphatic heterocycles. The van der Waals surface area contributed by atoms with Crippen molar-refractivity contribution in [2.75, 3.05) is 5.75 Å². The van der Waals surface area contributed by atoms with Gasteiger partial charge in [-0.2, -0.15) is 0 Å². The first-order valence-electron chi connectivity index (χ1n) is 12.8. The summed E-state index contributed by atoms with van der Waals surface area (Å²) in [5, 5.41) is 0. The molecule has 0 unspecified atom stereocenters. The van der Waals surface area contributed by atoms with Gasteiger partial charge in [-0.15, -0.1) is 11.8 Å². The maximum atomic E-state index is 2.32. The second-order valence-electron chi connectivity index (χ2n) is 9.13. The third kappa shape index (κ3) is 5.17. The predicted molar refractivity (Wildman–Crippen MR) is 157 cm³/mol. The van der Waals surface area contributed by atoms with Gasteiger partial charge in [0.05, 0.1) is 4.75 Å². The summed E-state index contributed by atoms with van der Waals surface area (Å²) < 4.78 is -0.291. The summed E-state index contributed by atoms with van der Waals surface area (Å²) >= 11 is 2.03. The molecule has 178 valence electrons. The van der Waals surface area contributed by atoms with E-state index in [4.69, 9.17) is 0 Å². The first-order chi connectivity index (χ1) is 17.8. The maximum absolute atomic E-state index is 2.32. The van der Waals surface area contributed by atoms with Gasteiger partial charge in [-0.05, 0) is 57.5 Å². The van der Waals surface area contributed by atoms with Gasteiger partial charge in [0.25, 0.3) is 0 Å². The zero-order valence-electron chi connectivity index (χ0n) is 20.8. The fourth-order valence-corrected chi connectivity index (χ4v) is 6.44. The fraction of sp³-hybridized carbons (Fsp3) is 0.143. The lowest BCUT2D eigenvalue weighted by Gasteiger charge is -2.35. The van der Waals surface area contributed by atoms with E-state index in [-0.39, 0.29) is 4.75 Å². The molecule has 0 aliphatic carbocycles. The molecular weight excluding hydrogens is 452 g/mol. The fourth-order valence-electron chi connectivity index (χ4n) is 4.89. The lowest BCUT2D eigenvalue weighted by molar-refractivity contribution is 0.891. The van der Waals surface area contributed by atoms with Gasteiger partial charge in [0.15, 0.2) is 0 Å². The van der Waals surface area contributed by atoms with E-state index >= 15 is 0 Å². The first kappa shape index (κ1) is 24.2. The average Bonchev–Trinajstić information content (AvgIpc) is 2.97. The van der Waals surface area contributed by atoms with Crippen LogP contribution in [0.1, 0.15) is 34.7 Å². The molecule has 0 spiro atoms. The van der Waals surface area contributed by atoms with Crippen LogP contribution in [0.4, 0.5) is 0 Å². The van der Waals surface area contributed by atoms with Crippen LogP contribution in [-0.4, -0.2) is 5.75 Å². The van der Waals surface area contributed by atoms with Crippen molar-refractivity contribution in [3.63, 3.8) is 0 Å². The van der Waals surface area contributed by atoms with Crippen molar-refractivity contribution in [1.82, 2.24) is 0 Å². The van der Waals surface area contributed by atoms with E-state index < -0.39 is 0 Å². The maximum Gasteiger partial charge on any atom is 0.0907 e. The predicted octanol–water partition coefficient (Wildman–Crippen LogP) is 9.18. The van der Waals surface area contributed by atoms with Crippen LogP contribution in [-0.2, 0) is 17.6 Å². The van der Waals surface area contributed by atoms with Crippen LogP contribution >= 0.6 is 11.8 Å². The highest BCUT2D eigenvalue weighted by atomic mass is 32.2. The van der Waals surface area contributed by atoms with Crippen molar-refractivity contribution in [1.29, 1.82) is 0 Å². The first-order valence-corrected chi connectivity index (χ1v) is 13.8. The van der Waals surface area contributed by atoms with Crippen LogP contribution in [0, 0.1) is 0 Å². The summed E-state index contributed by atoms with van der Waals surface area (Å²) in [5.74, 6) is 1.02. The summed E-state index contributed by atoms with van der Waals surface area (Å²) in [6.07, 6.45) is 2.12. The largest absolute Gasteiger partial charge is 0.140 e. The van der Waals surface area contributed by atoms with Crippen LogP contribution in [0.25, 0.3) is 11.1 Å². The summed E-state index contributed by atoms with van der Waals surface area (Å²) in [7, 11) is 0. The van der Waals surface area contributed by atoms with Gasteiger partial charge in [0.1, 0.15) is 0 Å². The molecule has 0 nitrogen and oxygen atoms in total. The van der Waals surface area contributed by atoms with Crippen LogP contribution in [0.3, 0.4) is 0 Å². The van der Waals surface area contributed by atoms with Crippen molar-refractivity contribution in [2.45, 2.75) is 24.5 Å². The highest BCUT2D eigenvalue weighted by Crippen LogP contribution is 2.49. The zero-order chi connectivity index (χ0) is 24.6. The Kier molecular flexibility index (Phi) is 7.69. The molecule has 5 aromatic rings. The number of benzene rings is 5. The third-order valence-corrected chi connectivity index (χ3v) is 8.45. The molecule has 0 heterocycles. The Bertz CT molecular complexity index is 1300. The van der Waals surface area contributed by atoms with Crippen LogP contribution < -0.4 is 0 Å². The Morgan fingerprint density at radius 3 is 1.44 bits per heavy atom. The quantitative estimate of drug-likeness (QED) is 0.188. The summed E-state index contributed by atoms with van der Waals surface area (Å²) in [4.78, 5) is 0. The number of aryl methyl sites for hydroxylation is 2. The van der Waals surface area contributed by atoms with Gasteiger partial charge in [-0.25, -0.2) is 0 Å². The van der Waals surface area contributed by atoms with Crippen molar-refractivity contribution >= 4 is 11.8 Å². The number of hydrogen-bond acceptors (Lipinski definition) is 1. The highest BCUT2D eigenvalue weighted by molar-refractivity contribution is 8.00. The Balaban J connectivity index is 1.55. The molecule has 5 rings (SSSR count). The third-order valence-electron chi connectivity index (χ3n) is 6.90. The lowest BCUT2D eigenvalue weighted by Crippen LogP contribution is -2.26. The summed E-state index contributed by atoms with van der Waals surface area (Å²) in [5.41, 5.74) is 9.23. The van der Waals surface area contributed by atoms with Crippen LogP contribution in [0.15, 0.2) is 140 Å².